The molecule has 0 aliphatic heterocycles. The molecule has 1 unspecified atom stereocenters. The van der Waals surface area contributed by atoms with Gasteiger partial charge in [-0.25, -0.2) is 0 Å². The maximum Gasteiger partial charge on any atom is 0.0950 e. The van der Waals surface area contributed by atoms with E-state index in [4.69, 9.17) is 9.47 Å². The fraction of sp³-hybridized carbons (Fsp3) is 0.667. The monoisotopic (exact) mass is 293 g/mol. The Kier molecular flexibility index (Phi) is 10.1. The van der Waals surface area contributed by atoms with Crippen molar-refractivity contribution in [3.05, 3.63) is 35.9 Å². The van der Waals surface area contributed by atoms with Crippen LogP contribution in [0.4, 0.5) is 0 Å². The van der Waals surface area contributed by atoms with Crippen LogP contribution in [0.25, 0.3) is 0 Å². The molecule has 0 aliphatic rings. The molecule has 3 heteroatoms. The van der Waals surface area contributed by atoms with E-state index in [1.165, 1.54) is 12.0 Å². The van der Waals surface area contributed by atoms with Gasteiger partial charge in [-0.1, -0.05) is 57.5 Å². The summed E-state index contributed by atoms with van der Waals surface area (Å²) >= 11 is 0. The van der Waals surface area contributed by atoms with Crippen LogP contribution in [-0.4, -0.2) is 32.9 Å². The van der Waals surface area contributed by atoms with Gasteiger partial charge in [0.15, 0.2) is 0 Å². The molecule has 120 valence electrons. The Morgan fingerprint density at radius 1 is 1.00 bits per heavy atom. The van der Waals surface area contributed by atoms with Crippen molar-refractivity contribution >= 4 is 0 Å². The molecular weight excluding hydrogens is 262 g/mol. The average Bonchev–Trinajstić information content (AvgIpc) is 2.49. The summed E-state index contributed by atoms with van der Waals surface area (Å²) in [6.45, 7) is 10.6. The normalized spacial score (nSPS) is 12.8. The highest BCUT2D eigenvalue weighted by molar-refractivity contribution is 5.17. The zero-order valence-electron chi connectivity index (χ0n) is 13.8. The predicted molar refractivity (Wildman–Crippen MR) is 88.6 cm³/mol. The van der Waals surface area contributed by atoms with Crippen molar-refractivity contribution in [3.63, 3.8) is 0 Å². The van der Waals surface area contributed by atoms with Gasteiger partial charge in [0.2, 0.25) is 0 Å². The Balaban J connectivity index is 2.34. The molecule has 0 heterocycles. The van der Waals surface area contributed by atoms with Crippen LogP contribution < -0.4 is 5.32 Å². The van der Waals surface area contributed by atoms with Gasteiger partial charge in [0.05, 0.1) is 19.3 Å². The van der Waals surface area contributed by atoms with Crippen LogP contribution >= 0.6 is 0 Å². The first-order chi connectivity index (χ1) is 10.2. The van der Waals surface area contributed by atoms with Crippen LogP contribution in [0.1, 0.15) is 45.3 Å². The minimum Gasteiger partial charge on any atom is -0.379 e. The summed E-state index contributed by atoms with van der Waals surface area (Å²) in [4.78, 5) is 0. The molecule has 0 bridgehead atoms. The molecule has 21 heavy (non-hydrogen) atoms. The number of benzene rings is 1. The van der Waals surface area contributed by atoms with E-state index in [0.717, 1.165) is 26.1 Å². The second kappa shape index (κ2) is 11.7. The van der Waals surface area contributed by atoms with Crippen molar-refractivity contribution in [2.45, 2.75) is 39.7 Å². The Morgan fingerprint density at radius 2 is 1.76 bits per heavy atom. The van der Waals surface area contributed by atoms with Gasteiger partial charge in [0.1, 0.15) is 0 Å². The highest BCUT2D eigenvalue weighted by atomic mass is 16.5. The van der Waals surface area contributed by atoms with Crippen LogP contribution in [0, 0.1) is 5.92 Å². The standard InChI is InChI=1S/C18H31NO2/c1-4-5-11-20-12-13-21-18(15-19-14-16(2)3)17-9-7-6-8-10-17/h6-10,16,18-19H,4-5,11-15H2,1-3H3. The van der Waals surface area contributed by atoms with Crippen molar-refractivity contribution in [3.8, 4) is 0 Å². The lowest BCUT2D eigenvalue weighted by Crippen LogP contribution is -2.27. The van der Waals surface area contributed by atoms with Gasteiger partial charge in [0, 0.05) is 13.2 Å². The molecule has 1 aromatic carbocycles. The SMILES string of the molecule is CCCCOCCOC(CNCC(C)C)c1ccccc1. The van der Waals surface area contributed by atoms with Crippen LogP contribution in [0.5, 0.6) is 0 Å². The Bertz CT molecular complexity index is 340. The molecule has 1 N–H and O–H groups in total. The van der Waals surface area contributed by atoms with E-state index >= 15 is 0 Å². The number of nitrogens with one attached hydrogen (secondary N) is 1. The van der Waals surface area contributed by atoms with Gasteiger partial charge in [-0.15, -0.1) is 0 Å². The summed E-state index contributed by atoms with van der Waals surface area (Å²) in [6.07, 6.45) is 2.39. The van der Waals surface area contributed by atoms with Gasteiger partial charge >= 0.3 is 0 Å². The van der Waals surface area contributed by atoms with E-state index in [1.54, 1.807) is 0 Å². The van der Waals surface area contributed by atoms with E-state index in [9.17, 15) is 0 Å². The smallest absolute Gasteiger partial charge is 0.0950 e. The van der Waals surface area contributed by atoms with Crippen LogP contribution in [-0.2, 0) is 9.47 Å². The molecule has 0 fully saturated rings. The molecule has 0 saturated heterocycles. The molecule has 0 amide bonds. The van der Waals surface area contributed by atoms with E-state index in [-0.39, 0.29) is 6.10 Å². The first-order valence-electron chi connectivity index (χ1n) is 8.19. The second-order valence-electron chi connectivity index (χ2n) is 5.79. The molecule has 1 aromatic rings. The third kappa shape index (κ3) is 8.86. The molecule has 1 rings (SSSR count). The molecule has 1 atom stereocenters. The Morgan fingerprint density at radius 3 is 2.43 bits per heavy atom. The summed E-state index contributed by atoms with van der Waals surface area (Å²) in [5, 5.41) is 3.48. The topological polar surface area (TPSA) is 30.5 Å². The molecule has 0 spiro atoms. The van der Waals surface area contributed by atoms with Crippen LogP contribution in [0.15, 0.2) is 30.3 Å². The van der Waals surface area contributed by atoms with E-state index in [0.29, 0.717) is 19.1 Å². The zero-order chi connectivity index (χ0) is 15.3. The number of ether oxygens (including phenoxy) is 2. The number of rotatable bonds is 12. The van der Waals surface area contributed by atoms with Crippen molar-refractivity contribution in [2.75, 3.05) is 32.9 Å². The van der Waals surface area contributed by atoms with Crippen molar-refractivity contribution < 1.29 is 9.47 Å². The van der Waals surface area contributed by atoms with Gasteiger partial charge in [-0.05, 0) is 24.4 Å². The number of hydrogen-bond donors (Lipinski definition) is 1. The molecule has 0 radical (unpaired) electrons. The van der Waals surface area contributed by atoms with Crippen LogP contribution in [0.2, 0.25) is 0 Å². The molecule has 0 saturated carbocycles. The third-order valence-electron chi connectivity index (χ3n) is 3.24. The van der Waals surface area contributed by atoms with Crippen molar-refractivity contribution in [2.24, 2.45) is 5.92 Å². The highest BCUT2D eigenvalue weighted by Crippen LogP contribution is 2.16. The van der Waals surface area contributed by atoms with Gasteiger partial charge in [0.25, 0.3) is 0 Å². The third-order valence-corrected chi connectivity index (χ3v) is 3.24. The van der Waals surface area contributed by atoms with E-state index in [2.05, 4.69) is 50.4 Å². The fourth-order valence-electron chi connectivity index (χ4n) is 2.04. The quantitative estimate of drug-likeness (QED) is 0.595. The number of hydrogen-bond acceptors (Lipinski definition) is 3. The number of unbranched alkanes of at least 4 members (excludes halogenated alkanes) is 1. The zero-order valence-corrected chi connectivity index (χ0v) is 13.8. The molecule has 0 aliphatic carbocycles. The van der Waals surface area contributed by atoms with Crippen molar-refractivity contribution in [1.82, 2.24) is 5.32 Å². The summed E-state index contributed by atoms with van der Waals surface area (Å²) in [5.74, 6) is 0.652. The predicted octanol–water partition coefficient (Wildman–Crippen LogP) is 3.81. The highest BCUT2D eigenvalue weighted by Gasteiger charge is 2.11. The molecule has 3 nitrogen and oxygen atoms in total. The summed E-state index contributed by atoms with van der Waals surface area (Å²) in [6, 6.07) is 10.4. The van der Waals surface area contributed by atoms with Gasteiger partial charge in [-0.2, -0.15) is 0 Å². The first kappa shape index (κ1) is 18.1. The maximum atomic E-state index is 6.00. The van der Waals surface area contributed by atoms with Crippen LogP contribution in [0.3, 0.4) is 0 Å². The minimum atomic E-state index is 0.0970. The second-order valence-corrected chi connectivity index (χ2v) is 5.79. The van der Waals surface area contributed by atoms with Gasteiger partial charge < -0.3 is 14.8 Å². The van der Waals surface area contributed by atoms with Crippen molar-refractivity contribution in [1.29, 1.82) is 0 Å². The first-order valence-corrected chi connectivity index (χ1v) is 8.19. The van der Waals surface area contributed by atoms with Gasteiger partial charge in [-0.3, -0.25) is 0 Å². The van der Waals surface area contributed by atoms with E-state index < -0.39 is 0 Å². The Labute approximate surface area is 130 Å². The maximum absolute atomic E-state index is 6.00. The summed E-state index contributed by atoms with van der Waals surface area (Å²) in [5.41, 5.74) is 1.22. The Hall–Kier alpha value is -0.900. The molecular formula is C18H31NO2. The minimum absolute atomic E-state index is 0.0970. The lowest BCUT2D eigenvalue weighted by Gasteiger charge is -2.20. The fourth-order valence-corrected chi connectivity index (χ4v) is 2.04. The lowest BCUT2D eigenvalue weighted by atomic mass is 10.1. The average molecular weight is 293 g/mol. The summed E-state index contributed by atoms with van der Waals surface area (Å²) in [7, 11) is 0. The van der Waals surface area contributed by atoms with E-state index in [1.807, 2.05) is 6.07 Å². The summed E-state index contributed by atoms with van der Waals surface area (Å²) < 4.78 is 11.6. The largest absolute Gasteiger partial charge is 0.379 e. The molecule has 0 aromatic heterocycles. The lowest BCUT2D eigenvalue weighted by molar-refractivity contribution is 0.00342.